The Hall–Kier alpha value is -4.32. The average Bonchev–Trinajstić information content (AvgIpc) is 3.72. The Balaban J connectivity index is 0.000000154. The van der Waals surface area contributed by atoms with E-state index in [0.29, 0.717) is 11.5 Å². The molecule has 3 fully saturated rings. The van der Waals surface area contributed by atoms with E-state index in [1.807, 2.05) is 26.0 Å². The van der Waals surface area contributed by atoms with Crippen molar-refractivity contribution in [2.75, 3.05) is 0 Å². The Kier molecular flexibility index (Phi) is 8.14. The maximum Gasteiger partial charge on any atom is 0.417 e. The van der Waals surface area contributed by atoms with Gasteiger partial charge < -0.3 is 33.7 Å². The first-order chi connectivity index (χ1) is 19.9. The van der Waals surface area contributed by atoms with Crippen LogP contribution in [0.4, 0.5) is 4.79 Å². The van der Waals surface area contributed by atoms with E-state index in [4.69, 9.17) is 18.0 Å². The van der Waals surface area contributed by atoms with E-state index in [0.717, 1.165) is 10.7 Å². The molecule has 4 amide bonds. The number of carbonyl (C=O) groups excluding carboxylic acids is 4. The van der Waals surface area contributed by atoms with Crippen LogP contribution in [0.1, 0.15) is 90.8 Å². The smallest absolute Gasteiger partial charge is 0.417 e. The molecule has 12 nitrogen and oxygen atoms in total. The van der Waals surface area contributed by atoms with Crippen LogP contribution in [-0.2, 0) is 19.1 Å². The third kappa shape index (κ3) is 5.96. The standard InChI is InChI=1S/C14H19NO4.C9H11NO2.C8H9NO3/c1-13(2,3)19-12(17)15-10(9-7-6-8-18-9)14(4,5)11(15)16;1-9(2)7(10-8(9)11)6-4-3-5-12-6;1-8(11)6(9-7(8)10)5-3-2-4-12-5/h6-8,10H,1-5H3;3-5,7H,1-2H3,(H,10,11);2-4,6,11H,1H3,(H,9,10)/t10-;7-;6-,8+/m000/s1. The molecule has 6 heterocycles. The van der Waals surface area contributed by atoms with Gasteiger partial charge in [-0.1, -0.05) is 0 Å². The summed E-state index contributed by atoms with van der Waals surface area (Å²) in [6, 6.07) is 9.87. The van der Waals surface area contributed by atoms with Crippen molar-refractivity contribution in [1.29, 1.82) is 0 Å². The van der Waals surface area contributed by atoms with Crippen LogP contribution in [0.25, 0.3) is 0 Å². The molecule has 0 aromatic carbocycles. The number of β-lactam (4-membered cyclic amide) rings is 3. The Labute approximate surface area is 249 Å². The average molecular weight is 598 g/mol. The minimum Gasteiger partial charge on any atom is -0.467 e. The number of aliphatic hydroxyl groups is 1. The third-order valence-electron chi connectivity index (χ3n) is 7.65. The number of nitrogens with zero attached hydrogens (tertiary/aromatic N) is 1. The van der Waals surface area contributed by atoms with Crippen LogP contribution in [0, 0.1) is 10.8 Å². The van der Waals surface area contributed by atoms with Gasteiger partial charge in [0.25, 0.3) is 5.91 Å². The minimum absolute atomic E-state index is 0.0417. The molecule has 0 radical (unpaired) electrons. The van der Waals surface area contributed by atoms with Crippen LogP contribution in [0.3, 0.4) is 0 Å². The SMILES string of the molecule is CC(C)(C)OC(=O)N1C(=O)C(C)(C)[C@@H]1c1ccco1.CC1(C)C(=O)N[C@H]1c1ccco1.C[C@]1(O)C(=O)N[C@H]1c1ccco1. The molecule has 0 bridgehead atoms. The van der Waals surface area contributed by atoms with Crippen molar-refractivity contribution in [2.24, 2.45) is 10.8 Å². The summed E-state index contributed by atoms with van der Waals surface area (Å²) in [5.74, 6) is 1.49. The molecule has 3 N–H and O–H groups in total. The number of ether oxygens (including phenoxy) is 1. The number of hydrogen-bond acceptors (Lipinski definition) is 9. The van der Waals surface area contributed by atoms with E-state index in [1.54, 1.807) is 65.1 Å². The van der Waals surface area contributed by atoms with Crippen LogP contribution in [0.5, 0.6) is 0 Å². The van der Waals surface area contributed by atoms with Gasteiger partial charge in [-0.15, -0.1) is 0 Å². The zero-order valence-electron chi connectivity index (χ0n) is 25.6. The summed E-state index contributed by atoms with van der Waals surface area (Å²) >= 11 is 0. The number of nitrogens with one attached hydrogen (secondary N) is 2. The largest absolute Gasteiger partial charge is 0.467 e. The van der Waals surface area contributed by atoms with Gasteiger partial charge in [-0.05, 0) is 91.8 Å². The second kappa shape index (κ2) is 11.1. The number of amides is 4. The van der Waals surface area contributed by atoms with E-state index in [1.165, 1.54) is 19.5 Å². The quantitative estimate of drug-likeness (QED) is 0.360. The first-order valence-electron chi connectivity index (χ1n) is 13.9. The highest BCUT2D eigenvalue weighted by atomic mass is 16.6. The molecule has 0 spiro atoms. The normalized spacial score (nSPS) is 26.6. The number of imide groups is 1. The summed E-state index contributed by atoms with van der Waals surface area (Å²) in [5, 5.41) is 14.9. The highest BCUT2D eigenvalue weighted by Crippen LogP contribution is 2.50. The lowest BCUT2D eigenvalue weighted by Gasteiger charge is -2.49. The van der Waals surface area contributed by atoms with Crippen molar-refractivity contribution in [3.8, 4) is 0 Å². The van der Waals surface area contributed by atoms with Gasteiger partial charge in [-0.3, -0.25) is 14.4 Å². The number of carbonyl (C=O) groups is 4. The predicted molar refractivity (Wildman–Crippen MR) is 152 cm³/mol. The van der Waals surface area contributed by atoms with Gasteiger partial charge in [0.1, 0.15) is 41.0 Å². The van der Waals surface area contributed by atoms with Crippen molar-refractivity contribution in [1.82, 2.24) is 15.5 Å². The fraction of sp³-hybridized carbons (Fsp3) is 0.484. The Morgan fingerprint density at radius 3 is 1.63 bits per heavy atom. The summed E-state index contributed by atoms with van der Waals surface area (Å²) in [5.41, 5.74) is -2.94. The van der Waals surface area contributed by atoms with Crippen LogP contribution in [0.15, 0.2) is 68.4 Å². The maximum atomic E-state index is 12.1. The zero-order chi connectivity index (χ0) is 32.0. The van der Waals surface area contributed by atoms with E-state index in [-0.39, 0.29) is 29.2 Å². The lowest BCUT2D eigenvalue weighted by atomic mass is 9.73. The Morgan fingerprint density at radius 1 is 0.791 bits per heavy atom. The molecular formula is C31H39N3O9. The minimum atomic E-state index is -1.32. The van der Waals surface area contributed by atoms with Gasteiger partial charge in [0.15, 0.2) is 5.60 Å². The molecule has 4 atom stereocenters. The number of likely N-dealkylation sites (tertiary alicyclic amines) is 1. The second-order valence-corrected chi connectivity index (χ2v) is 13.0. The first kappa shape index (κ1) is 31.6. The van der Waals surface area contributed by atoms with Gasteiger partial charge in [-0.25, -0.2) is 9.69 Å². The van der Waals surface area contributed by atoms with E-state index in [2.05, 4.69) is 10.6 Å². The summed E-state index contributed by atoms with van der Waals surface area (Å²) in [4.78, 5) is 47.3. The molecule has 12 heteroatoms. The van der Waals surface area contributed by atoms with Gasteiger partial charge in [0.05, 0.1) is 29.6 Å². The van der Waals surface area contributed by atoms with Crippen LogP contribution in [0.2, 0.25) is 0 Å². The summed E-state index contributed by atoms with van der Waals surface area (Å²) in [7, 11) is 0. The highest BCUT2D eigenvalue weighted by Gasteiger charge is 2.60. The molecule has 6 rings (SSSR count). The monoisotopic (exact) mass is 597 g/mol. The number of rotatable bonds is 3. The second-order valence-electron chi connectivity index (χ2n) is 13.0. The molecule has 232 valence electrons. The molecular weight excluding hydrogens is 558 g/mol. The fourth-order valence-electron chi connectivity index (χ4n) is 4.94. The maximum absolute atomic E-state index is 12.1. The van der Waals surface area contributed by atoms with Crippen LogP contribution >= 0.6 is 0 Å². The van der Waals surface area contributed by atoms with Gasteiger partial charge in [-0.2, -0.15) is 0 Å². The van der Waals surface area contributed by atoms with Crippen molar-refractivity contribution in [3.05, 3.63) is 72.5 Å². The van der Waals surface area contributed by atoms with E-state index >= 15 is 0 Å². The first-order valence-corrected chi connectivity index (χ1v) is 13.9. The molecule has 3 saturated heterocycles. The van der Waals surface area contributed by atoms with Crippen molar-refractivity contribution < 1.29 is 42.3 Å². The molecule has 3 aliphatic rings. The summed E-state index contributed by atoms with van der Waals surface area (Å²) in [6.45, 7) is 14.2. The van der Waals surface area contributed by atoms with Crippen LogP contribution in [-0.4, -0.2) is 45.0 Å². The van der Waals surface area contributed by atoms with Gasteiger partial charge in [0.2, 0.25) is 11.8 Å². The van der Waals surface area contributed by atoms with Crippen LogP contribution < -0.4 is 10.6 Å². The fourth-order valence-corrected chi connectivity index (χ4v) is 4.94. The van der Waals surface area contributed by atoms with Crippen molar-refractivity contribution >= 4 is 23.8 Å². The zero-order valence-corrected chi connectivity index (χ0v) is 25.6. The highest BCUT2D eigenvalue weighted by molar-refractivity contribution is 6.01. The predicted octanol–water partition coefficient (Wildman–Crippen LogP) is 4.80. The van der Waals surface area contributed by atoms with Gasteiger partial charge in [0, 0.05) is 0 Å². The molecule has 43 heavy (non-hydrogen) atoms. The topological polar surface area (TPSA) is 164 Å². The van der Waals surface area contributed by atoms with E-state index < -0.39 is 34.8 Å². The Morgan fingerprint density at radius 2 is 1.26 bits per heavy atom. The molecule has 0 unspecified atom stereocenters. The van der Waals surface area contributed by atoms with E-state index in [9.17, 15) is 24.3 Å². The summed E-state index contributed by atoms with van der Waals surface area (Å²) < 4.78 is 20.8. The van der Waals surface area contributed by atoms with Crippen molar-refractivity contribution in [3.63, 3.8) is 0 Å². The molecule has 0 saturated carbocycles. The lowest BCUT2D eigenvalue weighted by molar-refractivity contribution is -0.167. The molecule has 0 aliphatic carbocycles. The lowest BCUT2D eigenvalue weighted by Crippen LogP contribution is -2.64. The number of hydrogen-bond donors (Lipinski definition) is 3. The summed E-state index contributed by atoms with van der Waals surface area (Å²) in [6.07, 6.45) is 4.03. The third-order valence-corrected chi connectivity index (χ3v) is 7.65. The number of furan rings is 3. The molecule has 3 aromatic heterocycles. The van der Waals surface area contributed by atoms with Gasteiger partial charge >= 0.3 is 6.09 Å². The Bertz CT molecular complexity index is 1380. The molecule has 3 aromatic rings. The molecule has 3 aliphatic heterocycles. The van der Waals surface area contributed by atoms with Crippen molar-refractivity contribution in [2.45, 2.75) is 84.7 Å².